The summed E-state index contributed by atoms with van der Waals surface area (Å²) in [6.07, 6.45) is -0.932. The Bertz CT molecular complexity index is 461. The second-order valence-corrected chi connectivity index (χ2v) is 4.61. The first-order chi connectivity index (χ1) is 9.27. The number of methoxy groups -OCH3 is 1. The van der Waals surface area contributed by atoms with E-state index in [9.17, 15) is 18.7 Å². The minimum Gasteiger partial charge on any atom is -0.491 e. The number of benzene rings is 1. The molecule has 0 aliphatic heterocycles. The van der Waals surface area contributed by atoms with Crippen LogP contribution in [0.5, 0.6) is 5.75 Å². The Morgan fingerprint density at radius 2 is 1.85 bits per heavy atom. The Balaban J connectivity index is 2.96. The molecule has 0 radical (unpaired) electrons. The van der Waals surface area contributed by atoms with Crippen molar-refractivity contribution < 1.29 is 23.4 Å². The molecule has 0 aromatic heterocycles. The molecule has 1 amide bonds. The Morgan fingerprint density at radius 3 is 2.20 bits per heavy atom. The van der Waals surface area contributed by atoms with E-state index in [4.69, 9.17) is 0 Å². The van der Waals surface area contributed by atoms with Crippen molar-refractivity contribution in [2.45, 2.75) is 19.1 Å². The summed E-state index contributed by atoms with van der Waals surface area (Å²) in [5, 5.41) is 11.9. The van der Waals surface area contributed by atoms with Crippen molar-refractivity contribution in [3.05, 3.63) is 23.8 Å². The molecule has 0 bridgehead atoms. The predicted molar refractivity (Wildman–Crippen MR) is 70.7 cm³/mol. The fraction of sp³-hybridized carbons (Fsp3) is 0.462. The van der Waals surface area contributed by atoms with Crippen LogP contribution in [0, 0.1) is 11.6 Å². The maximum absolute atomic E-state index is 13.5. The lowest BCUT2D eigenvalue weighted by Crippen LogP contribution is -2.46. The van der Waals surface area contributed by atoms with Crippen molar-refractivity contribution in [2.75, 3.05) is 26.5 Å². The third kappa shape index (κ3) is 3.64. The number of ether oxygens (including phenoxy) is 1. The smallest absolute Gasteiger partial charge is 0.244 e. The van der Waals surface area contributed by atoms with Crippen LogP contribution in [-0.4, -0.2) is 49.3 Å². The second-order valence-electron chi connectivity index (χ2n) is 4.61. The summed E-state index contributed by atoms with van der Waals surface area (Å²) in [6.45, 7) is 1.46. The second kappa shape index (κ2) is 6.62. The highest BCUT2D eigenvalue weighted by Crippen LogP contribution is 2.25. The molecule has 0 unspecified atom stereocenters. The molecule has 1 aromatic carbocycles. The summed E-state index contributed by atoms with van der Waals surface area (Å²) >= 11 is 0. The van der Waals surface area contributed by atoms with Gasteiger partial charge in [0.2, 0.25) is 5.91 Å². The van der Waals surface area contributed by atoms with E-state index in [2.05, 4.69) is 10.1 Å². The third-order valence-electron chi connectivity index (χ3n) is 2.75. The number of carbonyl (C=O) groups excluding carboxylic acids is 1. The van der Waals surface area contributed by atoms with E-state index in [1.165, 1.54) is 11.8 Å². The van der Waals surface area contributed by atoms with E-state index >= 15 is 0 Å². The minimum absolute atomic E-state index is 0.0432. The molecule has 0 saturated carbocycles. The Kier molecular flexibility index (Phi) is 5.41. The largest absolute Gasteiger partial charge is 0.491 e. The number of hydrogen-bond donors (Lipinski definition) is 2. The molecule has 20 heavy (non-hydrogen) atoms. The Morgan fingerprint density at radius 1 is 1.35 bits per heavy atom. The number of aliphatic hydroxyl groups is 1. The SMILES string of the molecule is COc1c(F)cc(NC(=O)[C@@H]([C@H](C)O)N(C)C)cc1F. The molecular formula is C13H18F2N2O3. The summed E-state index contributed by atoms with van der Waals surface area (Å²) in [5.74, 6) is -2.90. The maximum Gasteiger partial charge on any atom is 0.244 e. The highest BCUT2D eigenvalue weighted by atomic mass is 19.1. The van der Waals surface area contributed by atoms with Crippen molar-refractivity contribution in [2.24, 2.45) is 0 Å². The molecule has 0 aliphatic carbocycles. The first-order valence-corrected chi connectivity index (χ1v) is 5.96. The van der Waals surface area contributed by atoms with Gasteiger partial charge in [-0.25, -0.2) is 8.78 Å². The Hall–Kier alpha value is -1.73. The number of aliphatic hydroxyl groups excluding tert-OH is 1. The zero-order chi connectivity index (χ0) is 15.4. The van der Waals surface area contributed by atoms with Crippen molar-refractivity contribution >= 4 is 11.6 Å². The molecule has 112 valence electrons. The van der Waals surface area contributed by atoms with Crippen molar-refractivity contribution in [3.63, 3.8) is 0 Å². The molecule has 0 saturated heterocycles. The topological polar surface area (TPSA) is 61.8 Å². The van der Waals surface area contributed by atoms with Crippen LogP contribution >= 0.6 is 0 Å². The van der Waals surface area contributed by atoms with Crippen LogP contribution in [0.2, 0.25) is 0 Å². The highest BCUT2D eigenvalue weighted by Gasteiger charge is 2.26. The number of nitrogens with zero attached hydrogens (tertiary/aromatic N) is 1. The zero-order valence-electron chi connectivity index (χ0n) is 11.8. The Labute approximate surface area is 116 Å². The van der Waals surface area contributed by atoms with Gasteiger partial charge in [-0.2, -0.15) is 0 Å². The van der Waals surface area contributed by atoms with Crippen LogP contribution in [0.3, 0.4) is 0 Å². The molecule has 0 aliphatic rings. The number of rotatable bonds is 5. The van der Waals surface area contributed by atoms with E-state index in [0.29, 0.717) is 0 Å². The first-order valence-electron chi connectivity index (χ1n) is 5.96. The summed E-state index contributed by atoms with van der Waals surface area (Å²) < 4.78 is 31.6. The van der Waals surface area contributed by atoms with Crippen LogP contribution < -0.4 is 10.1 Å². The summed E-state index contributed by atoms with van der Waals surface area (Å²) in [7, 11) is 4.38. The predicted octanol–water partition coefficient (Wildman–Crippen LogP) is 1.22. The number of nitrogens with one attached hydrogen (secondary N) is 1. The quantitative estimate of drug-likeness (QED) is 0.855. The highest BCUT2D eigenvalue weighted by molar-refractivity contribution is 5.95. The van der Waals surface area contributed by atoms with Gasteiger partial charge in [0.05, 0.1) is 13.2 Å². The van der Waals surface area contributed by atoms with Gasteiger partial charge in [0, 0.05) is 17.8 Å². The number of carbonyl (C=O) groups is 1. The van der Waals surface area contributed by atoms with Gasteiger partial charge in [-0.1, -0.05) is 0 Å². The lowest BCUT2D eigenvalue weighted by molar-refractivity contribution is -0.123. The fourth-order valence-corrected chi connectivity index (χ4v) is 1.93. The summed E-state index contributed by atoms with van der Waals surface area (Å²) in [4.78, 5) is 13.5. The van der Waals surface area contributed by atoms with Gasteiger partial charge in [-0.3, -0.25) is 9.69 Å². The van der Waals surface area contributed by atoms with E-state index in [0.717, 1.165) is 19.2 Å². The van der Waals surface area contributed by atoms with Crippen LogP contribution in [0.4, 0.5) is 14.5 Å². The van der Waals surface area contributed by atoms with Gasteiger partial charge < -0.3 is 15.2 Å². The molecule has 7 heteroatoms. The van der Waals surface area contributed by atoms with Gasteiger partial charge in [0.15, 0.2) is 17.4 Å². The van der Waals surface area contributed by atoms with Crippen LogP contribution in [0.1, 0.15) is 6.92 Å². The molecule has 0 spiro atoms. The normalized spacial score (nSPS) is 14.0. The lowest BCUT2D eigenvalue weighted by atomic mass is 10.1. The first kappa shape index (κ1) is 16.3. The van der Waals surface area contributed by atoms with E-state index in [1.54, 1.807) is 14.1 Å². The van der Waals surface area contributed by atoms with Crippen LogP contribution in [0.15, 0.2) is 12.1 Å². The average Bonchev–Trinajstić information content (AvgIpc) is 2.26. The van der Waals surface area contributed by atoms with Gasteiger partial charge in [0.25, 0.3) is 0 Å². The standard InChI is InChI=1S/C13H18F2N2O3/c1-7(18)11(17(2)3)13(19)16-8-5-9(14)12(20-4)10(15)6-8/h5-7,11,18H,1-4H3,(H,16,19)/t7-,11+/m0/s1. The van der Waals surface area contributed by atoms with Gasteiger partial charge in [-0.05, 0) is 21.0 Å². The summed E-state index contributed by atoms with van der Waals surface area (Å²) in [6, 6.07) is 1.08. The average molecular weight is 288 g/mol. The lowest BCUT2D eigenvalue weighted by Gasteiger charge is -2.25. The van der Waals surface area contributed by atoms with E-state index in [1.807, 2.05) is 0 Å². The number of anilines is 1. The number of halogens is 2. The number of likely N-dealkylation sites (N-methyl/N-ethyl adjacent to an activating group) is 1. The van der Waals surface area contributed by atoms with E-state index < -0.39 is 35.4 Å². The molecule has 0 fully saturated rings. The number of hydrogen-bond acceptors (Lipinski definition) is 4. The molecular weight excluding hydrogens is 270 g/mol. The van der Waals surface area contributed by atoms with Gasteiger partial charge >= 0.3 is 0 Å². The van der Waals surface area contributed by atoms with Crippen molar-refractivity contribution in [1.29, 1.82) is 0 Å². The zero-order valence-corrected chi connectivity index (χ0v) is 11.8. The minimum atomic E-state index is -0.932. The molecule has 1 rings (SSSR count). The molecule has 1 aromatic rings. The van der Waals surface area contributed by atoms with Crippen molar-refractivity contribution in [1.82, 2.24) is 4.90 Å². The fourth-order valence-electron chi connectivity index (χ4n) is 1.93. The maximum atomic E-state index is 13.5. The molecule has 5 nitrogen and oxygen atoms in total. The molecule has 2 N–H and O–H groups in total. The van der Waals surface area contributed by atoms with Gasteiger partial charge in [0.1, 0.15) is 6.04 Å². The molecule has 0 heterocycles. The van der Waals surface area contributed by atoms with Crippen LogP contribution in [0.25, 0.3) is 0 Å². The van der Waals surface area contributed by atoms with Crippen LogP contribution in [-0.2, 0) is 4.79 Å². The summed E-state index contributed by atoms with van der Waals surface area (Å²) in [5.41, 5.74) is -0.0432. The van der Waals surface area contributed by atoms with E-state index in [-0.39, 0.29) is 5.69 Å². The van der Waals surface area contributed by atoms with Crippen molar-refractivity contribution in [3.8, 4) is 5.75 Å². The third-order valence-corrected chi connectivity index (χ3v) is 2.75. The van der Waals surface area contributed by atoms with Gasteiger partial charge in [-0.15, -0.1) is 0 Å². The monoisotopic (exact) mass is 288 g/mol. The molecule has 2 atom stereocenters. The number of amides is 1.